The van der Waals surface area contributed by atoms with E-state index in [2.05, 4.69) is 10.5 Å². The maximum Gasteiger partial charge on any atom is 0.412 e. The summed E-state index contributed by atoms with van der Waals surface area (Å²) in [6.45, 7) is 7.12. The molecule has 0 aliphatic rings. The number of nitrogens with one attached hydrogen (secondary N) is 1. The summed E-state index contributed by atoms with van der Waals surface area (Å²) in [4.78, 5) is 22.9. The van der Waals surface area contributed by atoms with Gasteiger partial charge in [0.15, 0.2) is 5.76 Å². The third-order valence-corrected chi connectivity index (χ3v) is 2.93. The van der Waals surface area contributed by atoms with Crippen LogP contribution in [0.2, 0.25) is 0 Å². The van der Waals surface area contributed by atoms with Gasteiger partial charge in [-0.3, -0.25) is 5.32 Å². The number of rotatable bonds is 3. The molecule has 0 fully saturated rings. The Morgan fingerprint density at radius 1 is 1.30 bits per heavy atom. The number of amides is 1. The Balaban J connectivity index is 2.23. The Hall–Kier alpha value is -2.83. The van der Waals surface area contributed by atoms with Crippen LogP contribution < -0.4 is 5.32 Å². The average Bonchev–Trinajstić information content (AvgIpc) is 2.88. The zero-order valence-corrected chi connectivity index (χ0v) is 13.3. The molecule has 2 rings (SSSR count). The third-order valence-electron chi connectivity index (χ3n) is 2.93. The normalized spacial score (nSPS) is 11.1. The van der Waals surface area contributed by atoms with Crippen molar-refractivity contribution >= 4 is 17.7 Å². The van der Waals surface area contributed by atoms with E-state index in [0.29, 0.717) is 11.3 Å². The summed E-state index contributed by atoms with van der Waals surface area (Å²) in [7, 11) is 0. The largest absolute Gasteiger partial charge is 0.477 e. The number of aryl methyl sites for hydroxylation is 1. The number of carboxylic acid groups (broad SMARTS) is 1. The first-order valence-electron chi connectivity index (χ1n) is 6.96. The molecule has 7 heteroatoms. The van der Waals surface area contributed by atoms with Gasteiger partial charge in [0, 0.05) is 11.3 Å². The summed E-state index contributed by atoms with van der Waals surface area (Å²) < 4.78 is 10.2. The van der Waals surface area contributed by atoms with Crippen LogP contribution in [0.25, 0.3) is 11.3 Å². The Bertz CT molecular complexity index is 743. The van der Waals surface area contributed by atoms with Gasteiger partial charge in [-0.1, -0.05) is 5.16 Å². The van der Waals surface area contributed by atoms with Crippen LogP contribution in [-0.2, 0) is 4.74 Å². The first-order valence-corrected chi connectivity index (χ1v) is 6.96. The molecule has 122 valence electrons. The molecule has 0 spiro atoms. The first kappa shape index (κ1) is 16.5. The maximum absolute atomic E-state index is 11.8. The predicted octanol–water partition coefficient (Wildman–Crippen LogP) is 3.70. The Kier molecular flexibility index (Phi) is 4.40. The average molecular weight is 318 g/mol. The van der Waals surface area contributed by atoms with E-state index < -0.39 is 17.7 Å². The van der Waals surface area contributed by atoms with Crippen LogP contribution in [0.4, 0.5) is 10.5 Å². The summed E-state index contributed by atoms with van der Waals surface area (Å²) in [6, 6.07) is 5.01. The maximum atomic E-state index is 11.8. The van der Waals surface area contributed by atoms with E-state index in [9.17, 15) is 9.59 Å². The smallest absolute Gasteiger partial charge is 0.412 e. The molecule has 0 atom stereocenters. The van der Waals surface area contributed by atoms with E-state index in [1.165, 1.54) is 0 Å². The van der Waals surface area contributed by atoms with Crippen molar-refractivity contribution in [1.29, 1.82) is 0 Å². The number of nitrogens with zero attached hydrogens (tertiary/aromatic N) is 1. The number of carbonyl (C=O) groups excluding carboxylic acids is 1. The molecular formula is C16H18N2O5. The quantitative estimate of drug-likeness (QED) is 0.894. The van der Waals surface area contributed by atoms with E-state index in [1.807, 2.05) is 0 Å². The third kappa shape index (κ3) is 4.09. The minimum atomic E-state index is -1.12. The Morgan fingerprint density at radius 2 is 2.00 bits per heavy atom. The lowest BCUT2D eigenvalue weighted by atomic mass is 10.1. The lowest BCUT2D eigenvalue weighted by Gasteiger charge is -2.20. The molecule has 1 aromatic heterocycles. The summed E-state index contributed by atoms with van der Waals surface area (Å²) in [5.41, 5.74) is 1.26. The van der Waals surface area contributed by atoms with Crippen LogP contribution >= 0.6 is 0 Å². The fraction of sp³-hybridized carbons (Fsp3) is 0.312. The standard InChI is InChI=1S/C16H18N2O5/c1-9-7-10(13-11(14(19)20)8-17-23-13)5-6-12(9)18-15(21)22-16(2,3)4/h5-8H,1-4H3,(H,18,21)(H,19,20). The minimum absolute atomic E-state index is 0.0164. The van der Waals surface area contributed by atoms with Gasteiger partial charge in [-0.25, -0.2) is 9.59 Å². The molecule has 1 amide bonds. The molecule has 0 aliphatic heterocycles. The number of anilines is 1. The van der Waals surface area contributed by atoms with Gasteiger partial charge < -0.3 is 14.4 Å². The zero-order valence-electron chi connectivity index (χ0n) is 13.3. The summed E-state index contributed by atoms with van der Waals surface area (Å²) >= 11 is 0. The molecule has 0 aliphatic carbocycles. The Labute approximate surface area is 133 Å². The van der Waals surface area contributed by atoms with Crippen molar-refractivity contribution in [2.45, 2.75) is 33.3 Å². The second-order valence-corrected chi connectivity index (χ2v) is 6.03. The van der Waals surface area contributed by atoms with Gasteiger partial charge in [-0.2, -0.15) is 0 Å². The van der Waals surface area contributed by atoms with Crippen molar-refractivity contribution in [2.75, 3.05) is 5.32 Å². The van der Waals surface area contributed by atoms with Gasteiger partial charge in [0.05, 0.1) is 6.20 Å². The van der Waals surface area contributed by atoms with Crippen molar-refractivity contribution < 1.29 is 24.0 Å². The van der Waals surface area contributed by atoms with Gasteiger partial charge in [-0.15, -0.1) is 0 Å². The second kappa shape index (κ2) is 6.12. The van der Waals surface area contributed by atoms with Crippen LogP contribution in [0.15, 0.2) is 28.9 Å². The summed E-state index contributed by atoms with van der Waals surface area (Å²) in [5, 5.41) is 15.3. The highest BCUT2D eigenvalue weighted by molar-refractivity contribution is 5.94. The number of hydrogen-bond donors (Lipinski definition) is 2. The minimum Gasteiger partial charge on any atom is -0.477 e. The van der Waals surface area contributed by atoms with Crippen LogP contribution in [0.3, 0.4) is 0 Å². The molecule has 0 saturated carbocycles. The fourth-order valence-corrected chi connectivity index (χ4v) is 1.96. The van der Waals surface area contributed by atoms with Crippen LogP contribution in [0.5, 0.6) is 0 Å². The van der Waals surface area contributed by atoms with Crippen LogP contribution in [0.1, 0.15) is 36.7 Å². The number of hydrogen-bond acceptors (Lipinski definition) is 5. The van der Waals surface area contributed by atoms with E-state index in [1.54, 1.807) is 45.9 Å². The molecule has 0 bridgehead atoms. The van der Waals surface area contributed by atoms with Crippen molar-refractivity contribution in [1.82, 2.24) is 5.16 Å². The Morgan fingerprint density at radius 3 is 2.57 bits per heavy atom. The topological polar surface area (TPSA) is 102 Å². The van der Waals surface area contributed by atoms with Gasteiger partial charge >= 0.3 is 12.1 Å². The number of benzene rings is 1. The van der Waals surface area contributed by atoms with Crippen LogP contribution in [-0.4, -0.2) is 27.9 Å². The second-order valence-electron chi connectivity index (χ2n) is 6.03. The van der Waals surface area contributed by atoms with Gasteiger partial charge in [-0.05, 0) is 51.5 Å². The summed E-state index contributed by atoms with van der Waals surface area (Å²) in [5.74, 6) is -0.945. The van der Waals surface area contributed by atoms with E-state index >= 15 is 0 Å². The molecule has 2 N–H and O–H groups in total. The summed E-state index contributed by atoms with van der Waals surface area (Å²) in [6.07, 6.45) is 0.596. The van der Waals surface area contributed by atoms with E-state index in [-0.39, 0.29) is 11.3 Å². The van der Waals surface area contributed by atoms with Gasteiger partial charge in [0.2, 0.25) is 0 Å². The molecule has 0 saturated heterocycles. The van der Waals surface area contributed by atoms with E-state index in [0.717, 1.165) is 11.8 Å². The van der Waals surface area contributed by atoms with Crippen molar-refractivity contribution in [2.24, 2.45) is 0 Å². The molecular weight excluding hydrogens is 300 g/mol. The number of aromatic nitrogens is 1. The molecule has 1 aromatic carbocycles. The zero-order chi connectivity index (χ0) is 17.2. The highest BCUT2D eigenvalue weighted by atomic mass is 16.6. The lowest BCUT2D eigenvalue weighted by Crippen LogP contribution is -2.27. The molecule has 0 radical (unpaired) electrons. The monoisotopic (exact) mass is 318 g/mol. The van der Waals surface area contributed by atoms with Crippen molar-refractivity contribution in [3.05, 3.63) is 35.5 Å². The SMILES string of the molecule is Cc1cc(-c2oncc2C(=O)O)ccc1NC(=O)OC(C)(C)C. The van der Waals surface area contributed by atoms with E-state index in [4.69, 9.17) is 14.4 Å². The van der Waals surface area contributed by atoms with Gasteiger partial charge in [0.1, 0.15) is 11.2 Å². The first-order chi connectivity index (χ1) is 10.7. The molecule has 7 nitrogen and oxygen atoms in total. The van der Waals surface area contributed by atoms with Gasteiger partial charge in [0.25, 0.3) is 0 Å². The van der Waals surface area contributed by atoms with Crippen molar-refractivity contribution in [3.63, 3.8) is 0 Å². The molecule has 1 heterocycles. The number of ether oxygens (including phenoxy) is 1. The lowest BCUT2D eigenvalue weighted by molar-refractivity contribution is 0.0634. The number of aromatic carboxylic acids is 1. The number of carbonyl (C=O) groups is 2. The highest BCUT2D eigenvalue weighted by Crippen LogP contribution is 2.27. The molecule has 23 heavy (non-hydrogen) atoms. The van der Waals surface area contributed by atoms with Crippen molar-refractivity contribution in [3.8, 4) is 11.3 Å². The predicted molar refractivity (Wildman–Crippen MR) is 83.5 cm³/mol. The fourth-order valence-electron chi connectivity index (χ4n) is 1.96. The highest BCUT2D eigenvalue weighted by Gasteiger charge is 2.19. The number of carboxylic acids is 1. The van der Waals surface area contributed by atoms with Crippen LogP contribution in [0, 0.1) is 6.92 Å². The molecule has 0 unspecified atom stereocenters. The molecule has 2 aromatic rings.